The molecule has 1 aliphatic carbocycles. The molecular weight excluding hydrogens is 721 g/mol. The van der Waals surface area contributed by atoms with Crippen LogP contribution in [0.1, 0.15) is 25.0 Å². The van der Waals surface area contributed by atoms with Gasteiger partial charge in [-0.25, -0.2) is 4.98 Å². The zero-order valence-electron chi connectivity index (χ0n) is 32.4. The van der Waals surface area contributed by atoms with Crippen LogP contribution < -0.4 is 0 Å². The molecule has 0 saturated heterocycles. The number of fused-ring (bicyclic) bond motifs is 15. The molecule has 0 radical (unpaired) electrons. The number of furan rings is 2. The molecular formula is C55H34N2O2. The quantitative estimate of drug-likeness (QED) is 0.169. The van der Waals surface area contributed by atoms with E-state index in [4.69, 9.17) is 18.8 Å². The minimum atomic E-state index is -0.0770. The fraction of sp³-hybridized carbons (Fsp3) is 0.0545. The molecule has 0 aliphatic heterocycles. The summed E-state index contributed by atoms with van der Waals surface area (Å²) in [7, 11) is 0. The monoisotopic (exact) mass is 754 g/mol. The van der Waals surface area contributed by atoms with Gasteiger partial charge in [0.15, 0.2) is 0 Å². The van der Waals surface area contributed by atoms with Crippen molar-refractivity contribution in [2.75, 3.05) is 0 Å². The van der Waals surface area contributed by atoms with Crippen molar-refractivity contribution >= 4 is 76.5 Å². The molecule has 0 fully saturated rings. The Balaban J connectivity index is 1.01. The van der Waals surface area contributed by atoms with Crippen molar-refractivity contribution in [3.63, 3.8) is 0 Å². The number of hydrogen-bond acceptors (Lipinski definition) is 4. The first-order valence-corrected chi connectivity index (χ1v) is 20.2. The van der Waals surface area contributed by atoms with E-state index in [9.17, 15) is 0 Å². The molecule has 13 rings (SSSR count). The molecule has 0 amide bonds. The summed E-state index contributed by atoms with van der Waals surface area (Å²) >= 11 is 0. The molecule has 0 bridgehead atoms. The standard InChI is InChI=1S/C55H34N2O2/c1-55(2)45-20-9-7-16-37(45)38-24-22-32(28-46(38)55)31-23-25-49-42(27-31)44-29-43-39-17-8-10-21-48(39)58-53(43)50(54(44)59-49)34-13-11-12-33(26-34)47-30-56-51-40-18-5-3-14-35(40)36-15-4-6-19-41(36)52(51)57-47/h3-30H,1-2H3. The highest BCUT2D eigenvalue weighted by atomic mass is 16.3. The van der Waals surface area contributed by atoms with Crippen LogP contribution in [0.2, 0.25) is 0 Å². The third-order valence-electron chi connectivity index (χ3n) is 12.9. The maximum atomic E-state index is 6.89. The summed E-state index contributed by atoms with van der Waals surface area (Å²) in [5.74, 6) is 0. The Morgan fingerprint density at radius 3 is 1.83 bits per heavy atom. The highest BCUT2D eigenvalue weighted by molar-refractivity contribution is 6.24. The van der Waals surface area contributed by atoms with Crippen molar-refractivity contribution in [1.29, 1.82) is 0 Å². The summed E-state index contributed by atoms with van der Waals surface area (Å²) < 4.78 is 13.6. The van der Waals surface area contributed by atoms with Gasteiger partial charge < -0.3 is 8.83 Å². The van der Waals surface area contributed by atoms with Gasteiger partial charge in [0.1, 0.15) is 22.3 Å². The molecule has 12 aromatic rings. The predicted molar refractivity (Wildman–Crippen MR) is 243 cm³/mol. The molecule has 1 aliphatic rings. The van der Waals surface area contributed by atoms with E-state index in [1.807, 2.05) is 18.3 Å². The molecule has 3 aromatic heterocycles. The summed E-state index contributed by atoms with van der Waals surface area (Å²) in [6, 6.07) is 58.4. The van der Waals surface area contributed by atoms with Crippen LogP contribution in [0.3, 0.4) is 0 Å². The average Bonchev–Trinajstić information content (AvgIpc) is 3.92. The Hall–Kier alpha value is -7.56. The molecule has 276 valence electrons. The van der Waals surface area contributed by atoms with Crippen LogP contribution in [0.4, 0.5) is 0 Å². The van der Waals surface area contributed by atoms with Gasteiger partial charge in [-0.05, 0) is 86.1 Å². The fourth-order valence-corrected chi connectivity index (χ4v) is 10.0. The second-order valence-electron chi connectivity index (χ2n) is 16.5. The lowest BCUT2D eigenvalue weighted by Crippen LogP contribution is -2.14. The molecule has 0 N–H and O–H groups in total. The van der Waals surface area contributed by atoms with E-state index in [1.165, 1.54) is 38.6 Å². The predicted octanol–water partition coefficient (Wildman–Crippen LogP) is 15.0. The summed E-state index contributed by atoms with van der Waals surface area (Å²) in [4.78, 5) is 10.4. The third-order valence-corrected chi connectivity index (χ3v) is 12.9. The minimum Gasteiger partial charge on any atom is -0.455 e. The lowest BCUT2D eigenvalue weighted by atomic mass is 9.81. The smallest absolute Gasteiger partial charge is 0.147 e. The van der Waals surface area contributed by atoms with Crippen molar-refractivity contribution in [3.8, 4) is 44.6 Å². The second kappa shape index (κ2) is 11.7. The Labute approximate surface area is 339 Å². The second-order valence-corrected chi connectivity index (χ2v) is 16.5. The van der Waals surface area contributed by atoms with Crippen molar-refractivity contribution in [3.05, 3.63) is 181 Å². The van der Waals surface area contributed by atoms with Crippen LogP contribution in [0, 0.1) is 0 Å². The van der Waals surface area contributed by atoms with Crippen LogP contribution in [0.25, 0.3) is 121 Å². The molecule has 9 aromatic carbocycles. The zero-order valence-corrected chi connectivity index (χ0v) is 32.4. The third kappa shape index (κ3) is 4.54. The molecule has 59 heavy (non-hydrogen) atoms. The zero-order chi connectivity index (χ0) is 39.0. The lowest BCUT2D eigenvalue weighted by Gasteiger charge is -2.22. The first-order chi connectivity index (χ1) is 29.0. The minimum absolute atomic E-state index is 0.0770. The topological polar surface area (TPSA) is 52.1 Å². The van der Waals surface area contributed by atoms with Crippen molar-refractivity contribution in [1.82, 2.24) is 9.97 Å². The van der Waals surface area contributed by atoms with E-state index in [0.717, 1.165) is 93.6 Å². The van der Waals surface area contributed by atoms with Crippen molar-refractivity contribution < 1.29 is 8.83 Å². The maximum absolute atomic E-state index is 6.89. The van der Waals surface area contributed by atoms with E-state index < -0.39 is 0 Å². The number of nitrogens with zero attached hydrogens (tertiary/aromatic N) is 2. The SMILES string of the molecule is CC1(C)c2ccccc2-c2ccc(-c3ccc4oc5c(-c6cccc(-c7cnc8c9ccccc9c9ccccc9c8n7)c6)c6oc7ccccc7c6cc5c4c3)cc21. The van der Waals surface area contributed by atoms with Gasteiger partial charge in [-0.15, -0.1) is 0 Å². The van der Waals surface area contributed by atoms with Crippen molar-refractivity contribution in [2.24, 2.45) is 0 Å². The Morgan fingerprint density at radius 2 is 1.02 bits per heavy atom. The van der Waals surface area contributed by atoms with Gasteiger partial charge in [-0.1, -0.05) is 141 Å². The number of hydrogen-bond donors (Lipinski definition) is 0. The average molecular weight is 755 g/mol. The summed E-state index contributed by atoms with van der Waals surface area (Å²) in [5.41, 5.74) is 16.5. The lowest BCUT2D eigenvalue weighted by molar-refractivity contribution is 0.658. The van der Waals surface area contributed by atoms with Crippen LogP contribution in [0.15, 0.2) is 179 Å². The van der Waals surface area contributed by atoms with Gasteiger partial charge in [-0.3, -0.25) is 4.98 Å². The van der Waals surface area contributed by atoms with E-state index in [1.54, 1.807) is 0 Å². The molecule has 4 heteroatoms. The van der Waals surface area contributed by atoms with Gasteiger partial charge in [-0.2, -0.15) is 0 Å². The summed E-state index contributed by atoms with van der Waals surface area (Å²) in [6.45, 7) is 4.67. The van der Waals surface area contributed by atoms with Crippen LogP contribution >= 0.6 is 0 Å². The first kappa shape index (κ1) is 32.5. The number of aromatic nitrogens is 2. The molecule has 0 unspecified atom stereocenters. The summed E-state index contributed by atoms with van der Waals surface area (Å²) in [6.07, 6.45) is 1.90. The van der Waals surface area contributed by atoms with Crippen LogP contribution in [-0.4, -0.2) is 9.97 Å². The fourth-order valence-electron chi connectivity index (χ4n) is 10.0. The largest absolute Gasteiger partial charge is 0.455 e. The van der Waals surface area contributed by atoms with Crippen LogP contribution in [0.5, 0.6) is 0 Å². The van der Waals surface area contributed by atoms with Gasteiger partial charge in [0.25, 0.3) is 0 Å². The normalized spacial score (nSPS) is 13.4. The first-order valence-electron chi connectivity index (χ1n) is 20.2. The molecule has 0 atom stereocenters. The molecule has 3 heterocycles. The van der Waals surface area contributed by atoms with E-state index in [0.29, 0.717) is 0 Å². The number of benzene rings is 9. The molecule has 0 spiro atoms. The van der Waals surface area contributed by atoms with E-state index >= 15 is 0 Å². The Bertz CT molecular complexity index is 3740. The van der Waals surface area contributed by atoms with E-state index in [-0.39, 0.29) is 5.41 Å². The van der Waals surface area contributed by atoms with Gasteiger partial charge in [0.05, 0.1) is 28.5 Å². The highest BCUT2D eigenvalue weighted by Gasteiger charge is 2.35. The Kier molecular flexibility index (Phi) is 6.48. The molecule has 4 nitrogen and oxygen atoms in total. The van der Waals surface area contributed by atoms with Crippen LogP contribution in [-0.2, 0) is 5.41 Å². The maximum Gasteiger partial charge on any atom is 0.147 e. The van der Waals surface area contributed by atoms with Crippen molar-refractivity contribution in [2.45, 2.75) is 19.3 Å². The molecule has 0 saturated carbocycles. The Morgan fingerprint density at radius 1 is 0.407 bits per heavy atom. The number of para-hydroxylation sites is 1. The highest BCUT2D eigenvalue weighted by Crippen LogP contribution is 2.50. The van der Waals surface area contributed by atoms with Gasteiger partial charge in [0.2, 0.25) is 0 Å². The van der Waals surface area contributed by atoms with Gasteiger partial charge >= 0.3 is 0 Å². The van der Waals surface area contributed by atoms with E-state index in [2.05, 4.69) is 166 Å². The number of rotatable bonds is 3. The van der Waals surface area contributed by atoms with Gasteiger partial charge in [0, 0.05) is 43.3 Å². The summed E-state index contributed by atoms with van der Waals surface area (Å²) in [5, 5.41) is 8.82.